The molecule has 98 valence electrons. The van der Waals surface area contributed by atoms with Gasteiger partial charge in [0, 0.05) is 5.56 Å². The number of nitrogens with two attached hydrogens (primary N) is 1. The van der Waals surface area contributed by atoms with E-state index in [1.165, 1.54) is 0 Å². The SMILES string of the molecule is COc1c(C)cc(C(=O)C(N)CC(=O)O)cc1C. The molecular weight excluding hydrogens is 234 g/mol. The zero-order valence-electron chi connectivity index (χ0n) is 10.7. The van der Waals surface area contributed by atoms with Gasteiger partial charge in [-0.3, -0.25) is 9.59 Å². The highest BCUT2D eigenvalue weighted by molar-refractivity contribution is 6.02. The minimum absolute atomic E-state index is 0.369. The van der Waals surface area contributed by atoms with Crippen LogP contribution in [-0.2, 0) is 4.79 Å². The second kappa shape index (κ2) is 5.64. The van der Waals surface area contributed by atoms with E-state index in [0.29, 0.717) is 5.56 Å². The highest BCUT2D eigenvalue weighted by atomic mass is 16.5. The first-order valence-electron chi connectivity index (χ1n) is 5.53. The summed E-state index contributed by atoms with van der Waals surface area (Å²) in [5.74, 6) is -0.734. The van der Waals surface area contributed by atoms with Crippen LogP contribution in [0.4, 0.5) is 0 Å². The Labute approximate surface area is 106 Å². The Bertz CT molecular complexity index is 459. The number of carboxylic acid groups (broad SMARTS) is 1. The van der Waals surface area contributed by atoms with E-state index in [1.807, 2.05) is 13.8 Å². The number of carbonyl (C=O) groups is 2. The van der Waals surface area contributed by atoms with Crippen molar-refractivity contribution in [2.75, 3.05) is 7.11 Å². The Kier molecular flexibility index (Phi) is 4.44. The molecule has 5 heteroatoms. The van der Waals surface area contributed by atoms with Gasteiger partial charge in [0.25, 0.3) is 0 Å². The number of rotatable bonds is 5. The molecule has 0 saturated heterocycles. The van der Waals surface area contributed by atoms with Crippen molar-refractivity contribution >= 4 is 11.8 Å². The first-order chi connectivity index (χ1) is 8.36. The van der Waals surface area contributed by atoms with Crippen LogP contribution < -0.4 is 10.5 Å². The fraction of sp³-hybridized carbons (Fsp3) is 0.385. The van der Waals surface area contributed by atoms with Crippen molar-refractivity contribution in [1.82, 2.24) is 0 Å². The van der Waals surface area contributed by atoms with Gasteiger partial charge < -0.3 is 15.6 Å². The average Bonchev–Trinajstić information content (AvgIpc) is 2.26. The number of ether oxygens (including phenoxy) is 1. The lowest BCUT2D eigenvalue weighted by Gasteiger charge is -2.13. The van der Waals surface area contributed by atoms with Gasteiger partial charge in [-0.15, -0.1) is 0 Å². The van der Waals surface area contributed by atoms with Crippen molar-refractivity contribution in [1.29, 1.82) is 0 Å². The lowest BCUT2D eigenvalue weighted by Crippen LogP contribution is -2.33. The van der Waals surface area contributed by atoms with Crippen LogP contribution in [0.3, 0.4) is 0 Å². The molecule has 1 aromatic rings. The summed E-state index contributed by atoms with van der Waals surface area (Å²) in [6, 6.07) is 2.31. The van der Waals surface area contributed by atoms with Gasteiger partial charge in [0.15, 0.2) is 5.78 Å². The van der Waals surface area contributed by atoms with E-state index < -0.39 is 12.0 Å². The molecule has 1 aromatic carbocycles. The highest BCUT2D eigenvalue weighted by Crippen LogP contribution is 2.24. The molecule has 0 fully saturated rings. The van der Waals surface area contributed by atoms with Crippen molar-refractivity contribution < 1.29 is 19.4 Å². The third-order valence-electron chi connectivity index (χ3n) is 2.68. The van der Waals surface area contributed by atoms with Crippen molar-refractivity contribution in [2.45, 2.75) is 26.3 Å². The van der Waals surface area contributed by atoms with Crippen LogP contribution >= 0.6 is 0 Å². The number of ketones is 1. The van der Waals surface area contributed by atoms with E-state index in [9.17, 15) is 9.59 Å². The number of hydrogen-bond donors (Lipinski definition) is 2. The molecule has 0 aliphatic rings. The third kappa shape index (κ3) is 3.07. The summed E-state index contributed by atoms with van der Waals surface area (Å²) in [4.78, 5) is 22.5. The minimum Gasteiger partial charge on any atom is -0.496 e. The van der Waals surface area contributed by atoms with Crippen LogP contribution in [0.2, 0.25) is 0 Å². The quantitative estimate of drug-likeness (QED) is 0.770. The van der Waals surface area contributed by atoms with E-state index in [2.05, 4.69) is 0 Å². The zero-order chi connectivity index (χ0) is 13.9. The van der Waals surface area contributed by atoms with E-state index in [4.69, 9.17) is 15.6 Å². The maximum Gasteiger partial charge on any atom is 0.305 e. The second-order valence-electron chi connectivity index (χ2n) is 4.21. The average molecular weight is 251 g/mol. The van der Waals surface area contributed by atoms with Crippen LogP contribution in [0, 0.1) is 13.8 Å². The van der Waals surface area contributed by atoms with E-state index >= 15 is 0 Å². The summed E-state index contributed by atoms with van der Waals surface area (Å²) < 4.78 is 5.20. The molecule has 0 amide bonds. The van der Waals surface area contributed by atoms with E-state index in [0.717, 1.165) is 16.9 Å². The Morgan fingerprint density at radius 3 is 2.22 bits per heavy atom. The minimum atomic E-state index is -1.09. The van der Waals surface area contributed by atoms with Crippen LogP contribution in [0.15, 0.2) is 12.1 Å². The lowest BCUT2D eigenvalue weighted by atomic mass is 9.98. The molecule has 5 nitrogen and oxygen atoms in total. The third-order valence-corrected chi connectivity index (χ3v) is 2.68. The van der Waals surface area contributed by atoms with Gasteiger partial charge in [-0.2, -0.15) is 0 Å². The predicted molar refractivity (Wildman–Crippen MR) is 67.0 cm³/mol. The first-order valence-corrected chi connectivity index (χ1v) is 5.53. The van der Waals surface area contributed by atoms with Gasteiger partial charge >= 0.3 is 5.97 Å². The summed E-state index contributed by atoms with van der Waals surface area (Å²) >= 11 is 0. The Balaban J connectivity index is 3.04. The molecule has 18 heavy (non-hydrogen) atoms. The van der Waals surface area contributed by atoms with Gasteiger partial charge in [-0.05, 0) is 37.1 Å². The Hall–Kier alpha value is -1.88. The molecule has 1 unspecified atom stereocenters. The molecule has 0 spiro atoms. The summed E-state index contributed by atoms with van der Waals surface area (Å²) in [5, 5.41) is 8.62. The molecule has 0 aliphatic heterocycles. The Morgan fingerprint density at radius 1 is 1.33 bits per heavy atom. The van der Waals surface area contributed by atoms with Gasteiger partial charge in [0.2, 0.25) is 0 Å². The fourth-order valence-electron chi connectivity index (χ4n) is 1.91. The van der Waals surface area contributed by atoms with Crippen LogP contribution in [-0.4, -0.2) is 30.0 Å². The van der Waals surface area contributed by atoms with Gasteiger partial charge in [-0.25, -0.2) is 0 Å². The van der Waals surface area contributed by atoms with Crippen LogP contribution in [0.5, 0.6) is 5.75 Å². The first kappa shape index (κ1) is 14.2. The fourth-order valence-corrected chi connectivity index (χ4v) is 1.91. The number of methoxy groups -OCH3 is 1. The Morgan fingerprint density at radius 2 is 1.83 bits per heavy atom. The molecule has 0 aromatic heterocycles. The lowest BCUT2D eigenvalue weighted by molar-refractivity contribution is -0.137. The molecule has 0 radical (unpaired) electrons. The summed E-state index contributed by atoms with van der Waals surface area (Å²) in [6.07, 6.45) is -0.372. The smallest absolute Gasteiger partial charge is 0.305 e. The monoisotopic (exact) mass is 251 g/mol. The molecule has 0 aliphatic carbocycles. The van der Waals surface area contributed by atoms with E-state index in [-0.39, 0.29) is 12.2 Å². The van der Waals surface area contributed by atoms with E-state index in [1.54, 1.807) is 19.2 Å². The number of Topliss-reactive ketones (excluding diaryl/α,β-unsaturated/α-hetero) is 1. The number of aryl methyl sites for hydroxylation is 2. The van der Waals surface area contributed by atoms with Crippen LogP contribution in [0.1, 0.15) is 27.9 Å². The summed E-state index contributed by atoms with van der Waals surface area (Å²) in [5.41, 5.74) is 7.62. The highest BCUT2D eigenvalue weighted by Gasteiger charge is 2.20. The van der Waals surface area contributed by atoms with Gasteiger partial charge in [-0.1, -0.05) is 0 Å². The molecular formula is C13H17NO4. The maximum absolute atomic E-state index is 12.0. The summed E-state index contributed by atoms with van der Waals surface area (Å²) in [6.45, 7) is 3.65. The zero-order valence-corrected chi connectivity index (χ0v) is 10.7. The largest absolute Gasteiger partial charge is 0.496 e. The number of aliphatic carboxylic acids is 1. The van der Waals surface area contributed by atoms with Crippen molar-refractivity contribution in [3.05, 3.63) is 28.8 Å². The molecule has 1 atom stereocenters. The molecule has 3 N–H and O–H groups in total. The predicted octanol–water partition coefficient (Wildman–Crippen LogP) is 1.30. The standard InChI is InChI=1S/C13H17NO4/c1-7-4-9(5-8(2)13(7)18-3)12(17)10(14)6-11(15)16/h4-5,10H,6,14H2,1-3H3,(H,15,16). The van der Waals surface area contributed by atoms with Gasteiger partial charge in [0.1, 0.15) is 5.75 Å². The van der Waals surface area contributed by atoms with Crippen molar-refractivity contribution in [2.24, 2.45) is 5.73 Å². The van der Waals surface area contributed by atoms with Gasteiger partial charge in [0.05, 0.1) is 19.6 Å². The number of carboxylic acids is 1. The molecule has 0 saturated carbocycles. The molecule has 1 rings (SSSR count). The number of benzene rings is 1. The van der Waals surface area contributed by atoms with Crippen molar-refractivity contribution in [3.63, 3.8) is 0 Å². The van der Waals surface area contributed by atoms with Crippen molar-refractivity contribution in [3.8, 4) is 5.75 Å². The maximum atomic E-state index is 12.0. The topological polar surface area (TPSA) is 89.6 Å². The number of carbonyl (C=O) groups excluding carboxylic acids is 1. The summed E-state index contributed by atoms with van der Waals surface area (Å²) in [7, 11) is 1.56. The normalized spacial score (nSPS) is 12.0. The number of hydrogen-bond acceptors (Lipinski definition) is 4. The molecule has 0 heterocycles. The van der Waals surface area contributed by atoms with Crippen LogP contribution in [0.25, 0.3) is 0 Å². The molecule has 0 bridgehead atoms. The second-order valence-corrected chi connectivity index (χ2v) is 4.21.